The molecule has 4 aromatic rings. The van der Waals surface area contributed by atoms with Crippen molar-refractivity contribution in [2.45, 2.75) is 25.0 Å². The highest BCUT2D eigenvalue weighted by Gasteiger charge is 2.30. The topological polar surface area (TPSA) is 84.5 Å². The van der Waals surface area contributed by atoms with Crippen LogP contribution in [0, 0.1) is 12.7 Å². The zero-order chi connectivity index (χ0) is 25.9. The van der Waals surface area contributed by atoms with Crippen molar-refractivity contribution in [3.05, 3.63) is 83.9 Å². The number of nitrogens with zero attached hydrogens (tertiary/aromatic N) is 5. The molecule has 1 aliphatic rings. The third-order valence-corrected chi connectivity index (χ3v) is 7.24. The molecule has 0 bridgehead atoms. The van der Waals surface area contributed by atoms with Gasteiger partial charge in [-0.15, -0.1) is 10.2 Å². The molecule has 0 radical (unpaired) electrons. The molecular weight excluding hydrogens is 493 g/mol. The maximum absolute atomic E-state index is 13.2. The largest absolute Gasteiger partial charge is 0.461 e. The van der Waals surface area contributed by atoms with Gasteiger partial charge >= 0.3 is 0 Å². The molecule has 0 spiro atoms. The highest BCUT2D eigenvalue weighted by atomic mass is 32.2. The Hall–Kier alpha value is -3.92. The Kier molecular flexibility index (Phi) is 7.09. The number of thioether (sulfide) groups is 1. The van der Waals surface area contributed by atoms with Crippen LogP contribution in [0.2, 0.25) is 0 Å². The molecule has 1 saturated heterocycles. The van der Waals surface area contributed by atoms with Gasteiger partial charge in [-0.05, 0) is 62.4 Å². The second-order valence-corrected chi connectivity index (χ2v) is 9.88. The molecule has 8 nitrogen and oxygen atoms in total. The molecule has 3 heterocycles. The third-order valence-electron chi connectivity index (χ3n) is 6.32. The molecule has 2 aromatic heterocycles. The lowest BCUT2D eigenvalue weighted by atomic mass is 10.1. The van der Waals surface area contributed by atoms with Crippen molar-refractivity contribution in [1.29, 1.82) is 0 Å². The predicted molar refractivity (Wildman–Crippen MR) is 138 cm³/mol. The number of hydrogen-bond acceptors (Lipinski definition) is 6. The summed E-state index contributed by atoms with van der Waals surface area (Å²) < 4.78 is 20.7. The van der Waals surface area contributed by atoms with Gasteiger partial charge in [-0.3, -0.25) is 14.2 Å². The van der Waals surface area contributed by atoms with E-state index in [0.717, 1.165) is 11.3 Å². The fraction of sp³-hybridized carbons (Fsp3) is 0.259. The zero-order valence-corrected chi connectivity index (χ0v) is 21.3. The number of aryl methyl sites for hydroxylation is 1. The molecule has 37 heavy (non-hydrogen) atoms. The molecule has 5 rings (SSSR count). The second-order valence-electron chi connectivity index (χ2n) is 8.94. The number of aromatic nitrogens is 3. The quantitative estimate of drug-likeness (QED) is 0.350. The molecule has 0 aliphatic carbocycles. The van der Waals surface area contributed by atoms with E-state index in [9.17, 15) is 14.0 Å². The molecule has 0 saturated carbocycles. The summed E-state index contributed by atoms with van der Waals surface area (Å²) in [5, 5.41) is 9.26. The summed E-state index contributed by atoms with van der Waals surface area (Å²) in [6, 6.07) is 17.0. The summed E-state index contributed by atoms with van der Waals surface area (Å²) in [5.74, 6) is 0.745. The fourth-order valence-corrected chi connectivity index (χ4v) is 5.17. The summed E-state index contributed by atoms with van der Waals surface area (Å²) in [6.07, 6.45) is 1.58. The summed E-state index contributed by atoms with van der Waals surface area (Å²) >= 11 is 1.31. The number of hydrogen-bond donors (Lipinski definition) is 0. The van der Waals surface area contributed by atoms with Crippen LogP contribution in [0.25, 0.3) is 17.3 Å². The Balaban J connectivity index is 1.26. The van der Waals surface area contributed by atoms with E-state index in [0.29, 0.717) is 41.9 Å². The molecule has 1 unspecified atom stereocenters. The summed E-state index contributed by atoms with van der Waals surface area (Å²) in [5.41, 5.74) is 2.44. The third kappa shape index (κ3) is 5.29. The van der Waals surface area contributed by atoms with Crippen LogP contribution in [0.4, 0.5) is 4.39 Å². The van der Waals surface area contributed by atoms with Crippen LogP contribution in [0.3, 0.4) is 0 Å². The Morgan fingerprint density at radius 3 is 2.49 bits per heavy atom. The van der Waals surface area contributed by atoms with E-state index in [1.807, 2.05) is 48.7 Å². The van der Waals surface area contributed by atoms with E-state index in [1.54, 1.807) is 22.1 Å². The van der Waals surface area contributed by atoms with Gasteiger partial charge in [-0.2, -0.15) is 0 Å². The smallest absolute Gasteiger partial charge is 0.254 e. The molecule has 2 amide bonds. The van der Waals surface area contributed by atoms with Crippen LogP contribution in [0.5, 0.6) is 0 Å². The molecule has 10 heteroatoms. The lowest BCUT2D eigenvalue weighted by Crippen LogP contribution is -2.55. The van der Waals surface area contributed by atoms with Crippen LogP contribution < -0.4 is 0 Å². The minimum atomic E-state index is -0.382. The van der Waals surface area contributed by atoms with Crippen LogP contribution in [-0.4, -0.2) is 67.8 Å². The van der Waals surface area contributed by atoms with E-state index in [-0.39, 0.29) is 29.4 Å². The Morgan fingerprint density at radius 1 is 1.05 bits per heavy atom. The minimum Gasteiger partial charge on any atom is -0.461 e. The Morgan fingerprint density at radius 2 is 1.81 bits per heavy atom. The van der Waals surface area contributed by atoms with Crippen molar-refractivity contribution in [2.24, 2.45) is 0 Å². The number of amides is 2. The molecule has 0 N–H and O–H groups in total. The van der Waals surface area contributed by atoms with Crippen LogP contribution in [-0.2, 0) is 4.79 Å². The van der Waals surface area contributed by atoms with Crippen LogP contribution >= 0.6 is 11.8 Å². The predicted octanol–water partition coefficient (Wildman–Crippen LogP) is 4.44. The van der Waals surface area contributed by atoms with Gasteiger partial charge in [0.2, 0.25) is 11.7 Å². The highest BCUT2D eigenvalue weighted by Crippen LogP contribution is 2.29. The van der Waals surface area contributed by atoms with Crippen LogP contribution in [0.1, 0.15) is 22.8 Å². The average Bonchev–Trinajstić information content (AvgIpc) is 3.58. The normalized spacial score (nSPS) is 15.7. The zero-order valence-electron chi connectivity index (χ0n) is 20.5. The number of furan rings is 1. The van der Waals surface area contributed by atoms with Gasteiger partial charge in [0.05, 0.1) is 12.0 Å². The van der Waals surface area contributed by atoms with E-state index < -0.39 is 0 Å². The van der Waals surface area contributed by atoms with E-state index >= 15 is 0 Å². The van der Waals surface area contributed by atoms with E-state index in [4.69, 9.17) is 4.42 Å². The van der Waals surface area contributed by atoms with Crippen molar-refractivity contribution in [3.63, 3.8) is 0 Å². The standard InChI is InChI=1S/C27H26FN5O3S/c1-18-5-11-22(12-6-18)33-25(23-4-3-15-36-23)29-30-27(33)37-17-24(34)31-13-14-32(19(2)16-31)26(35)20-7-9-21(28)10-8-20/h3-12,15,19H,13-14,16-17H2,1-2H3. The van der Waals surface area contributed by atoms with Gasteiger partial charge in [-0.1, -0.05) is 29.5 Å². The Labute approximate surface area is 218 Å². The average molecular weight is 520 g/mol. The van der Waals surface area contributed by atoms with Gasteiger partial charge < -0.3 is 14.2 Å². The number of carbonyl (C=O) groups excluding carboxylic acids is 2. The maximum atomic E-state index is 13.2. The number of piperazine rings is 1. The van der Waals surface area contributed by atoms with Gasteiger partial charge in [0, 0.05) is 36.9 Å². The summed E-state index contributed by atoms with van der Waals surface area (Å²) in [4.78, 5) is 29.5. The van der Waals surface area contributed by atoms with Gasteiger partial charge in [0.15, 0.2) is 10.9 Å². The van der Waals surface area contributed by atoms with Gasteiger partial charge in [0.25, 0.3) is 5.91 Å². The van der Waals surface area contributed by atoms with Crippen molar-refractivity contribution < 1.29 is 18.4 Å². The highest BCUT2D eigenvalue weighted by molar-refractivity contribution is 7.99. The lowest BCUT2D eigenvalue weighted by Gasteiger charge is -2.40. The molecule has 190 valence electrons. The number of halogens is 1. The maximum Gasteiger partial charge on any atom is 0.254 e. The van der Waals surface area contributed by atoms with Crippen LogP contribution in [0.15, 0.2) is 76.5 Å². The first kappa shape index (κ1) is 24.8. The first-order chi connectivity index (χ1) is 17.9. The molecule has 2 aromatic carbocycles. The van der Waals surface area contributed by atoms with Crippen molar-refractivity contribution in [3.8, 4) is 17.3 Å². The molecule has 1 aliphatic heterocycles. The molecule has 1 atom stereocenters. The van der Waals surface area contributed by atoms with E-state index in [1.165, 1.54) is 36.0 Å². The van der Waals surface area contributed by atoms with Crippen molar-refractivity contribution in [2.75, 3.05) is 25.4 Å². The first-order valence-electron chi connectivity index (χ1n) is 11.9. The number of rotatable bonds is 6. The number of benzene rings is 2. The van der Waals surface area contributed by atoms with Crippen molar-refractivity contribution in [1.82, 2.24) is 24.6 Å². The fourth-order valence-electron chi connectivity index (χ4n) is 4.32. The first-order valence-corrected chi connectivity index (χ1v) is 12.9. The molecule has 1 fully saturated rings. The summed E-state index contributed by atoms with van der Waals surface area (Å²) in [6.45, 7) is 5.20. The second kappa shape index (κ2) is 10.6. The SMILES string of the molecule is Cc1ccc(-n2c(SCC(=O)N3CCN(C(=O)c4ccc(F)cc4)C(C)C3)nnc2-c2ccco2)cc1. The Bertz CT molecular complexity index is 1390. The summed E-state index contributed by atoms with van der Waals surface area (Å²) in [7, 11) is 0. The monoisotopic (exact) mass is 519 g/mol. The van der Waals surface area contributed by atoms with Gasteiger partial charge in [-0.25, -0.2) is 4.39 Å². The lowest BCUT2D eigenvalue weighted by molar-refractivity contribution is -0.130. The minimum absolute atomic E-state index is 0.0382. The van der Waals surface area contributed by atoms with Gasteiger partial charge in [0.1, 0.15) is 5.82 Å². The van der Waals surface area contributed by atoms with E-state index in [2.05, 4.69) is 10.2 Å². The molecular formula is C27H26FN5O3S. The van der Waals surface area contributed by atoms with Crippen molar-refractivity contribution >= 4 is 23.6 Å². The number of carbonyl (C=O) groups is 2.